The predicted octanol–water partition coefficient (Wildman–Crippen LogP) is 1.81. The second-order valence-electron chi connectivity index (χ2n) is 5.95. The molecule has 3 aromatic heterocycles. The molecule has 1 aliphatic rings. The largest absolute Gasteiger partial charge is 0.346 e. The number of piperidine rings is 1. The number of fused-ring (bicyclic) bond motifs is 1. The van der Waals surface area contributed by atoms with E-state index in [1.807, 2.05) is 29.3 Å². The van der Waals surface area contributed by atoms with Gasteiger partial charge in [-0.25, -0.2) is 9.97 Å². The Balaban J connectivity index is 1.76. The lowest BCUT2D eigenvalue weighted by Gasteiger charge is -2.36. The van der Waals surface area contributed by atoms with Crippen LogP contribution in [0.2, 0.25) is 0 Å². The molecule has 0 bridgehead atoms. The van der Waals surface area contributed by atoms with Gasteiger partial charge in [-0.2, -0.15) is 10.4 Å². The zero-order valence-corrected chi connectivity index (χ0v) is 12.7. The second-order valence-corrected chi connectivity index (χ2v) is 5.95. The van der Waals surface area contributed by atoms with Crippen LogP contribution in [0.3, 0.4) is 0 Å². The third-order valence-electron chi connectivity index (χ3n) is 4.64. The van der Waals surface area contributed by atoms with Crippen LogP contribution in [0.5, 0.6) is 0 Å². The monoisotopic (exact) mass is 307 g/mol. The summed E-state index contributed by atoms with van der Waals surface area (Å²) >= 11 is 0. The van der Waals surface area contributed by atoms with Gasteiger partial charge in [0.1, 0.15) is 12.0 Å². The first-order valence-corrected chi connectivity index (χ1v) is 7.74. The van der Waals surface area contributed by atoms with E-state index in [2.05, 4.69) is 31.4 Å². The smallest absolute Gasteiger partial charge is 0.141 e. The molecule has 0 aromatic carbocycles. The highest BCUT2D eigenvalue weighted by molar-refractivity contribution is 5.89. The zero-order chi connectivity index (χ0) is 15.7. The molecular weight excluding hydrogens is 290 g/mol. The second kappa shape index (κ2) is 5.48. The fourth-order valence-electron chi connectivity index (χ4n) is 3.33. The van der Waals surface area contributed by atoms with Crippen molar-refractivity contribution >= 4 is 11.0 Å². The molecule has 0 unspecified atom stereocenters. The predicted molar refractivity (Wildman–Crippen MR) is 85.4 cm³/mol. The van der Waals surface area contributed by atoms with E-state index in [9.17, 15) is 5.26 Å². The van der Waals surface area contributed by atoms with E-state index in [0.717, 1.165) is 48.2 Å². The number of nitriles is 1. The minimum Gasteiger partial charge on any atom is -0.346 e. The lowest BCUT2D eigenvalue weighted by molar-refractivity contribution is 0.189. The minimum atomic E-state index is -0.220. The van der Waals surface area contributed by atoms with Crippen LogP contribution in [-0.4, -0.2) is 37.8 Å². The van der Waals surface area contributed by atoms with Gasteiger partial charge in [-0.3, -0.25) is 4.68 Å². The molecule has 3 aromatic rings. The number of aromatic amines is 1. The Labute approximate surface area is 133 Å². The summed E-state index contributed by atoms with van der Waals surface area (Å²) in [5.74, 6) is 0. The van der Waals surface area contributed by atoms with Gasteiger partial charge < -0.3 is 10.3 Å². The van der Waals surface area contributed by atoms with E-state index in [4.69, 9.17) is 0 Å². The van der Waals surface area contributed by atoms with Gasteiger partial charge in [0.15, 0.2) is 0 Å². The first-order chi connectivity index (χ1) is 11.3. The molecule has 0 radical (unpaired) electrons. The molecule has 1 fully saturated rings. The Bertz CT molecular complexity index is 864. The Morgan fingerprint density at radius 3 is 3.00 bits per heavy atom. The van der Waals surface area contributed by atoms with Crippen LogP contribution in [-0.2, 0) is 5.54 Å². The van der Waals surface area contributed by atoms with Crippen LogP contribution >= 0.6 is 0 Å². The van der Waals surface area contributed by atoms with E-state index in [1.165, 1.54) is 0 Å². The van der Waals surface area contributed by atoms with Crippen molar-refractivity contribution in [1.82, 2.24) is 30.0 Å². The third kappa shape index (κ3) is 2.28. The number of hydrogen-bond donors (Lipinski definition) is 2. The maximum atomic E-state index is 9.25. The van der Waals surface area contributed by atoms with E-state index in [1.54, 1.807) is 6.33 Å². The van der Waals surface area contributed by atoms with Gasteiger partial charge in [0.2, 0.25) is 0 Å². The van der Waals surface area contributed by atoms with Crippen LogP contribution in [0.1, 0.15) is 19.3 Å². The molecule has 0 aliphatic carbocycles. The molecule has 0 spiro atoms. The molecule has 2 N–H and O–H groups in total. The Kier molecular flexibility index (Phi) is 3.32. The van der Waals surface area contributed by atoms with Crippen LogP contribution in [0.25, 0.3) is 22.3 Å². The SMILES string of the molecule is N#CCC1(n2cc(-c3ncnc4[nH]ccc34)cn2)CCNCC1. The van der Waals surface area contributed by atoms with Gasteiger partial charge in [0, 0.05) is 23.3 Å². The van der Waals surface area contributed by atoms with Crippen LogP contribution in [0, 0.1) is 11.3 Å². The fourth-order valence-corrected chi connectivity index (χ4v) is 3.33. The summed E-state index contributed by atoms with van der Waals surface area (Å²) in [4.78, 5) is 11.7. The van der Waals surface area contributed by atoms with Crippen molar-refractivity contribution in [3.05, 3.63) is 31.0 Å². The Hall–Kier alpha value is -2.72. The van der Waals surface area contributed by atoms with Gasteiger partial charge in [-0.05, 0) is 32.0 Å². The average Bonchev–Trinajstić information content (AvgIpc) is 3.25. The number of H-pyrrole nitrogens is 1. The van der Waals surface area contributed by atoms with Gasteiger partial charge in [0.25, 0.3) is 0 Å². The molecule has 116 valence electrons. The highest BCUT2D eigenvalue weighted by atomic mass is 15.3. The molecule has 7 heteroatoms. The average molecular weight is 307 g/mol. The molecule has 4 heterocycles. The number of nitrogens with one attached hydrogen (secondary N) is 2. The molecule has 1 aliphatic heterocycles. The summed E-state index contributed by atoms with van der Waals surface area (Å²) in [5.41, 5.74) is 2.41. The van der Waals surface area contributed by atoms with Crippen LogP contribution in [0.15, 0.2) is 31.0 Å². The fraction of sp³-hybridized carbons (Fsp3) is 0.375. The topological polar surface area (TPSA) is 95.2 Å². The van der Waals surface area contributed by atoms with Crippen molar-refractivity contribution in [1.29, 1.82) is 5.26 Å². The lowest BCUT2D eigenvalue weighted by Crippen LogP contribution is -2.44. The summed E-state index contributed by atoms with van der Waals surface area (Å²) in [6.07, 6.45) is 9.54. The van der Waals surface area contributed by atoms with Crippen molar-refractivity contribution in [2.24, 2.45) is 0 Å². The third-order valence-corrected chi connectivity index (χ3v) is 4.64. The van der Waals surface area contributed by atoms with Gasteiger partial charge in [-0.15, -0.1) is 0 Å². The molecular formula is C16H17N7. The molecule has 4 rings (SSSR count). The van der Waals surface area contributed by atoms with Gasteiger partial charge >= 0.3 is 0 Å². The van der Waals surface area contributed by atoms with Crippen molar-refractivity contribution in [2.45, 2.75) is 24.8 Å². The molecule has 23 heavy (non-hydrogen) atoms. The van der Waals surface area contributed by atoms with E-state index >= 15 is 0 Å². The highest BCUT2D eigenvalue weighted by Gasteiger charge is 2.34. The quantitative estimate of drug-likeness (QED) is 0.769. The van der Waals surface area contributed by atoms with Crippen LogP contribution in [0.4, 0.5) is 0 Å². The first-order valence-electron chi connectivity index (χ1n) is 7.74. The molecule has 1 saturated heterocycles. The highest BCUT2D eigenvalue weighted by Crippen LogP contribution is 2.33. The Morgan fingerprint density at radius 1 is 1.30 bits per heavy atom. The van der Waals surface area contributed by atoms with E-state index < -0.39 is 0 Å². The summed E-state index contributed by atoms with van der Waals surface area (Å²) < 4.78 is 1.97. The maximum absolute atomic E-state index is 9.25. The van der Waals surface area contributed by atoms with E-state index in [0.29, 0.717) is 6.42 Å². The molecule has 0 amide bonds. The van der Waals surface area contributed by atoms with Crippen molar-refractivity contribution in [2.75, 3.05) is 13.1 Å². The normalized spacial score (nSPS) is 17.2. The molecule has 0 atom stereocenters. The van der Waals surface area contributed by atoms with Crippen molar-refractivity contribution < 1.29 is 0 Å². The van der Waals surface area contributed by atoms with Crippen LogP contribution < -0.4 is 5.32 Å². The summed E-state index contributed by atoms with van der Waals surface area (Å²) in [5, 5.41) is 18.1. The number of aromatic nitrogens is 5. The van der Waals surface area contributed by atoms with E-state index in [-0.39, 0.29) is 5.54 Å². The molecule has 7 nitrogen and oxygen atoms in total. The maximum Gasteiger partial charge on any atom is 0.141 e. The standard InChI is InChI=1S/C16H17N7/c17-5-2-16(3-7-18-8-4-16)23-10-12(9-22-23)14-13-1-6-19-15(13)21-11-20-14/h1,6,9-11,18H,2-4,7-8H2,(H,19,20,21). The zero-order valence-electron chi connectivity index (χ0n) is 12.7. The van der Waals surface area contributed by atoms with Gasteiger partial charge in [0.05, 0.1) is 29.9 Å². The van der Waals surface area contributed by atoms with Gasteiger partial charge in [-0.1, -0.05) is 0 Å². The van der Waals surface area contributed by atoms with Crippen molar-refractivity contribution in [3.8, 4) is 17.3 Å². The molecule has 0 saturated carbocycles. The number of nitrogens with zero attached hydrogens (tertiary/aromatic N) is 5. The minimum absolute atomic E-state index is 0.220. The number of hydrogen-bond acceptors (Lipinski definition) is 5. The summed E-state index contributed by atoms with van der Waals surface area (Å²) in [6, 6.07) is 4.30. The lowest BCUT2D eigenvalue weighted by atomic mass is 9.86. The summed E-state index contributed by atoms with van der Waals surface area (Å²) in [6.45, 7) is 1.82. The number of rotatable bonds is 3. The first kappa shape index (κ1) is 13.9. The Morgan fingerprint density at radius 2 is 2.17 bits per heavy atom. The van der Waals surface area contributed by atoms with Crippen molar-refractivity contribution in [3.63, 3.8) is 0 Å². The summed E-state index contributed by atoms with van der Waals surface area (Å²) in [7, 11) is 0.